The topological polar surface area (TPSA) is 112 Å². The number of imidazole rings is 1. The van der Waals surface area contributed by atoms with E-state index in [1.54, 1.807) is 23.8 Å². The Morgan fingerprint density at radius 2 is 2.13 bits per heavy atom. The van der Waals surface area contributed by atoms with Crippen LogP contribution in [-0.4, -0.2) is 53.3 Å². The first-order valence-electron chi connectivity index (χ1n) is 9.41. The normalized spacial score (nSPS) is 18.9. The Bertz CT molecular complexity index is 1010. The lowest BCUT2D eigenvalue weighted by atomic mass is 10.1. The number of nitrogens with two attached hydrogens (primary N) is 1. The maximum absolute atomic E-state index is 13.3. The predicted octanol–water partition coefficient (Wildman–Crippen LogP) is 2.13. The molecule has 2 aliphatic rings. The van der Waals surface area contributed by atoms with Crippen LogP contribution in [0.25, 0.3) is 11.4 Å². The molecule has 30 heavy (non-hydrogen) atoms. The number of carbonyl (C=O) groups is 2. The molecule has 0 spiro atoms. The monoisotopic (exact) mass is 421 g/mol. The molecule has 0 saturated carbocycles. The van der Waals surface area contributed by atoms with Gasteiger partial charge in [-0.15, -0.1) is 0 Å². The van der Waals surface area contributed by atoms with E-state index in [-0.39, 0.29) is 12.4 Å². The number of alkyl halides is 2. The molecule has 9 nitrogen and oxygen atoms in total. The summed E-state index contributed by atoms with van der Waals surface area (Å²) in [5, 5.41) is 3.04. The third kappa shape index (κ3) is 3.40. The fourth-order valence-corrected chi connectivity index (χ4v) is 3.48. The zero-order chi connectivity index (χ0) is 21.6. The summed E-state index contributed by atoms with van der Waals surface area (Å²) in [6.45, 7) is 3.84. The van der Waals surface area contributed by atoms with E-state index in [0.29, 0.717) is 36.0 Å². The van der Waals surface area contributed by atoms with Gasteiger partial charge in [0, 0.05) is 18.0 Å². The number of nitrogens with zero attached hydrogens (tertiary/aromatic N) is 3. The first-order valence-corrected chi connectivity index (χ1v) is 9.41. The molecule has 3 heterocycles. The Hall–Kier alpha value is -3.37. The van der Waals surface area contributed by atoms with E-state index in [1.165, 1.54) is 0 Å². The van der Waals surface area contributed by atoms with Crippen molar-refractivity contribution < 1.29 is 27.8 Å². The Morgan fingerprint density at radius 1 is 1.37 bits per heavy atom. The Labute approximate surface area is 170 Å². The number of fused-ring (bicyclic) bond motifs is 3. The van der Waals surface area contributed by atoms with Crippen LogP contribution in [-0.2, 0) is 16.1 Å². The van der Waals surface area contributed by atoms with E-state index in [2.05, 4.69) is 10.3 Å². The fraction of sp³-hybridized carbons (Fsp3) is 0.421. The number of primary amides is 1. The highest BCUT2D eigenvalue weighted by atomic mass is 19.3. The van der Waals surface area contributed by atoms with Crippen molar-refractivity contribution in [2.75, 3.05) is 23.4 Å². The van der Waals surface area contributed by atoms with Crippen molar-refractivity contribution in [3.8, 4) is 17.1 Å². The molecule has 0 bridgehead atoms. The summed E-state index contributed by atoms with van der Waals surface area (Å²) in [5.74, 6) is 0.622. The molecule has 4 rings (SSSR count). The van der Waals surface area contributed by atoms with Crippen LogP contribution in [0.3, 0.4) is 0 Å². The lowest BCUT2D eigenvalue weighted by molar-refractivity contribution is -0.118. The number of aromatic nitrogens is 2. The molecule has 1 saturated heterocycles. The lowest BCUT2D eigenvalue weighted by Crippen LogP contribution is -2.38. The van der Waals surface area contributed by atoms with E-state index in [0.717, 1.165) is 10.5 Å². The van der Waals surface area contributed by atoms with E-state index >= 15 is 0 Å². The summed E-state index contributed by atoms with van der Waals surface area (Å²) in [4.78, 5) is 28.7. The smallest absolute Gasteiger partial charge is 0.416 e. The van der Waals surface area contributed by atoms with Crippen LogP contribution < -0.4 is 20.7 Å². The van der Waals surface area contributed by atoms with Gasteiger partial charge in [-0.05, 0) is 25.5 Å². The highest BCUT2D eigenvalue weighted by Crippen LogP contribution is 2.38. The molecule has 1 aromatic heterocycles. The van der Waals surface area contributed by atoms with Gasteiger partial charge in [0.2, 0.25) is 5.91 Å². The molecule has 0 radical (unpaired) electrons. The highest BCUT2D eigenvalue weighted by molar-refractivity contribution is 5.90. The van der Waals surface area contributed by atoms with Crippen LogP contribution in [0.1, 0.15) is 12.5 Å². The number of carbonyl (C=O) groups excluding carboxylic acids is 2. The van der Waals surface area contributed by atoms with Gasteiger partial charge in [-0.2, -0.15) is 0 Å². The molecule has 160 valence electrons. The number of anilines is 2. The van der Waals surface area contributed by atoms with Gasteiger partial charge < -0.3 is 25.1 Å². The minimum absolute atomic E-state index is 0.104. The van der Waals surface area contributed by atoms with E-state index in [4.69, 9.17) is 15.2 Å². The number of aryl methyl sites for hydroxylation is 1. The summed E-state index contributed by atoms with van der Waals surface area (Å²) in [6, 6.07) is 1.62. The summed E-state index contributed by atoms with van der Waals surface area (Å²) in [7, 11) is 0. The molecule has 2 aromatic rings. The molecule has 2 atom stereocenters. The van der Waals surface area contributed by atoms with Crippen LogP contribution in [0.4, 0.5) is 25.1 Å². The number of halogens is 2. The van der Waals surface area contributed by atoms with Crippen molar-refractivity contribution in [2.45, 2.75) is 38.9 Å². The first kappa shape index (κ1) is 19.9. The lowest BCUT2D eigenvalue weighted by Gasteiger charge is -2.18. The molecule has 1 fully saturated rings. The van der Waals surface area contributed by atoms with Crippen LogP contribution in [0, 0.1) is 6.92 Å². The van der Waals surface area contributed by atoms with E-state index < -0.39 is 30.5 Å². The van der Waals surface area contributed by atoms with Crippen molar-refractivity contribution in [3.05, 3.63) is 23.9 Å². The number of ether oxygens (including phenoxy) is 2. The van der Waals surface area contributed by atoms with Gasteiger partial charge in [0.15, 0.2) is 5.82 Å². The van der Waals surface area contributed by atoms with Gasteiger partial charge in [0.05, 0.1) is 12.1 Å². The van der Waals surface area contributed by atoms with Crippen LogP contribution in [0.15, 0.2) is 18.3 Å². The average molecular weight is 421 g/mol. The maximum atomic E-state index is 13.3. The number of hydrogen-bond acceptors (Lipinski definition) is 6. The second-order valence-electron chi connectivity index (χ2n) is 7.24. The van der Waals surface area contributed by atoms with Gasteiger partial charge >= 0.3 is 6.09 Å². The SMILES string of the molecule is Cc1cc2c(cc1N[C@@H](C)C(N)=O)OCCn1cc(N3C(=O)OCC3C(F)F)nc1-2. The standard InChI is InChI=1S/C19H21F2N5O4/c1-9-5-11-14(6-12(9)23-10(2)17(22)27)29-4-3-25-7-15(24-18(11)25)26-13(16(20)21)8-30-19(26)28/h5-7,10,13,16,23H,3-4,8H2,1-2H3,(H2,22,27)/t10-,13?/m0/s1. The van der Waals surface area contributed by atoms with Crippen molar-refractivity contribution in [1.29, 1.82) is 0 Å². The fourth-order valence-electron chi connectivity index (χ4n) is 3.48. The van der Waals surface area contributed by atoms with Crippen molar-refractivity contribution >= 4 is 23.5 Å². The van der Waals surface area contributed by atoms with Gasteiger partial charge in [-0.1, -0.05) is 0 Å². The van der Waals surface area contributed by atoms with Crippen molar-refractivity contribution in [2.24, 2.45) is 5.73 Å². The third-order valence-electron chi connectivity index (χ3n) is 5.16. The molecule has 1 unspecified atom stereocenters. The minimum Gasteiger partial charge on any atom is -0.491 e. The molecule has 2 amide bonds. The molecular weight excluding hydrogens is 400 g/mol. The summed E-state index contributed by atoms with van der Waals surface area (Å²) >= 11 is 0. The highest BCUT2D eigenvalue weighted by Gasteiger charge is 2.42. The third-order valence-corrected chi connectivity index (χ3v) is 5.16. The predicted molar refractivity (Wildman–Crippen MR) is 104 cm³/mol. The first-order chi connectivity index (χ1) is 14.3. The van der Waals surface area contributed by atoms with Gasteiger partial charge in [-0.25, -0.2) is 23.5 Å². The molecule has 3 N–H and O–H groups in total. The van der Waals surface area contributed by atoms with Gasteiger partial charge in [0.25, 0.3) is 6.43 Å². The summed E-state index contributed by atoms with van der Waals surface area (Å²) < 4.78 is 39.0. The molecule has 0 aliphatic carbocycles. The number of hydrogen-bond donors (Lipinski definition) is 2. The van der Waals surface area contributed by atoms with Crippen molar-refractivity contribution in [3.63, 3.8) is 0 Å². The summed E-state index contributed by atoms with van der Waals surface area (Å²) in [6.07, 6.45) is -2.05. The molecule has 11 heteroatoms. The minimum atomic E-state index is -2.75. The number of amides is 2. The van der Waals surface area contributed by atoms with E-state index in [9.17, 15) is 18.4 Å². The molecule has 1 aromatic carbocycles. The zero-order valence-corrected chi connectivity index (χ0v) is 16.4. The Kier molecular flexibility index (Phi) is 4.96. The number of benzene rings is 1. The number of cyclic esters (lactones) is 1. The van der Waals surface area contributed by atoms with Crippen LogP contribution in [0.5, 0.6) is 5.75 Å². The van der Waals surface area contributed by atoms with Crippen LogP contribution >= 0.6 is 0 Å². The summed E-state index contributed by atoms with van der Waals surface area (Å²) in [5.41, 5.74) is 7.47. The number of nitrogens with one attached hydrogen (secondary N) is 1. The second kappa shape index (κ2) is 7.47. The zero-order valence-electron chi connectivity index (χ0n) is 16.4. The molecular formula is C19H21F2N5O4. The van der Waals surface area contributed by atoms with Gasteiger partial charge in [-0.3, -0.25) is 4.79 Å². The van der Waals surface area contributed by atoms with E-state index in [1.807, 2.05) is 13.0 Å². The maximum Gasteiger partial charge on any atom is 0.416 e. The number of rotatable bonds is 5. The Morgan fingerprint density at radius 3 is 2.83 bits per heavy atom. The second-order valence-corrected chi connectivity index (χ2v) is 7.24. The molecule has 2 aliphatic heterocycles. The van der Waals surface area contributed by atoms with Crippen molar-refractivity contribution in [1.82, 2.24) is 9.55 Å². The van der Waals surface area contributed by atoms with Gasteiger partial charge in [0.1, 0.15) is 36.9 Å². The Balaban J connectivity index is 1.73. The average Bonchev–Trinajstić information content (AvgIpc) is 3.23. The quantitative estimate of drug-likeness (QED) is 0.765. The van der Waals surface area contributed by atoms with Crippen LogP contribution in [0.2, 0.25) is 0 Å². The largest absolute Gasteiger partial charge is 0.491 e.